The van der Waals surface area contributed by atoms with E-state index in [4.69, 9.17) is 18.0 Å². The topological polar surface area (TPSA) is 13.1 Å². The minimum absolute atomic E-state index is 0.249. The molecule has 0 N–H and O–H groups in total. The SMILES string of the molecule is [2H]Cc1c([Si](C)(C)C)oc(=S)c2ccccc12. The van der Waals surface area contributed by atoms with Gasteiger partial charge in [0.05, 0.1) is 5.38 Å². The molecule has 16 heavy (non-hydrogen) atoms. The Kier molecular flexibility index (Phi) is 2.45. The van der Waals surface area contributed by atoms with E-state index in [1.807, 2.05) is 24.3 Å². The zero-order chi connectivity index (χ0) is 12.6. The predicted molar refractivity (Wildman–Crippen MR) is 74.8 cm³/mol. The highest BCUT2D eigenvalue weighted by Crippen LogP contribution is 2.20. The van der Waals surface area contributed by atoms with Crippen LogP contribution in [0.15, 0.2) is 28.7 Å². The number of rotatable bonds is 1. The number of fused-ring (bicyclic) bond motifs is 1. The summed E-state index contributed by atoms with van der Waals surface area (Å²) in [7, 11) is -1.60. The number of benzene rings is 1. The van der Waals surface area contributed by atoms with Gasteiger partial charge < -0.3 is 4.42 Å². The van der Waals surface area contributed by atoms with Crippen LogP contribution >= 0.6 is 12.2 Å². The van der Waals surface area contributed by atoms with Crippen LogP contribution in [0.4, 0.5) is 0 Å². The van der Waals surface area contributed by atoms with Crippen molar-refractivity contribution >= 4 is 36.4 Å². The van der Waals surface area contributed by atoms with Crippen LogP contribution in [0.25, 0.3) is 10.8 Å². The largest absolute Gasteiger partial charge is 0.454 e. The number of aryl methyl sites for hydroxylation is 1. The van der Waals surface area contributed by atoms with Gasteiger partial charge in [-0.15, -0.1) is 0 Å². The van der Waals surface area contributed by atoms with Crippen LogP contribution in [0, 0.1) is 11.6 Å². The summed E-state index contributed by atoms with van der Waals surface area (Å²) in [5.74, 6) is 0. The third-order valence-corrected chi connectivity index (χ3v) is 4.69. The molecule has 3 heteroatoms. The lowest BCUT2D eigenvalue weighted by Gasteiger charge is -2.18. The summed E-state index contributed by atoms with van der Waals surface area (Å²) in [6.07, 6.45) is 0. The van der Waals surface area contributed by atoms with Crippen LogP contribution in [-0.4, -0.2) is 8.07 Å². The molecular formula is C13H16OSSi. The van der Waals surface area contributed by atoms with Crippen molar-refractivity contribution in [3.8, 4) is 0 Å². The van der Waals surface area contributed by atoms with E-state index in [0.29, 0.717) is 4.71 Å². The van der Waals surface area contributed by atoms with Crippen LogP contribution in [-0.2, 0) is 0 Å². The van der Waals surface area contributed by atoms with Gasteiger partial charge in [-0.1, -0.05) is 37.8 Å². The predicted octanol–water partition coefficient (Wildman–Crippen LogP) is 4.02. The maximum Gasteiger partial charge on any atom is 0.197 e. The van der Waals surface area contributed by atoms with E-state index >= 15 is 0 Å². The molecule has 0 aliphatic rings. The molecule has 1 aromatic carbocycles. The fourth-order valence-electron chi connectivity index (χ4n) is 1.86. The number of hydrogen-bond acceptors (Lipinski definition) is 2. The molecule has 1 aromatic heterocycles. The summed E-state index contributed by atoms with van der Waals surface area (Å²) < 4.78 is 14.1. The average molecular weight is 249 g/mol. The zero-order valence-corrected chi connectivity index (χ0v) is 11.6. The van der Waals surface area contributed by atoms with Crippen molar-refractivity contribution in [1.82, 2.24) is 0 Å². The standard InChI is InChI=1S/C13H16OSSi/c1-9-10-7-5-6-8-11(10)12(15)14-13(9)16(2,3)4/h5-8H,1-4H3/i1D. The molecule has 2 aromatic rings. The first-order valence-electron chi connectivity index (χ1n) is 6.00. The average Bonchev–Trinajstić information content (AvgIpc) is 2.28. The minimum Gasteiger partial charge on any atom is -0.454 e. The molecule has 0 amide bonds. The van der Waals surface area contributed by atoms with Crippen LogP contribution in [0.2, 0.25) is 19.6 Å². The molecule has 0 aliphatic heterocycles. The summed E-state index contributed by atoms with van der Waals surface area (Å²) in [5.41, 5.74) is 1.01. The molecule has 0 fully saturated rings. The Hall–Kier alpha value is -0.933. The van der Waals surface area contributed by atoms with Crippen LogP contribution in [0.5, 0.6) is 0 Å². The Morgan fingerprint density at radius 3 is 2.38 bits per heavy atom. The third kappa shape index (κ3) is 1.85. The molecule has 0 aliphatic carbocycles. The highest BCUT2D eigenvalue weighted by atomic mass is 32.1. The lowest BCUT2D eigenvalue weighted by molar-refractivity contribution is 0.570. The van der Waals surface area contributed by atoms with E-state index in [0.717, 1.165) is 21.7 Å². The molecule has 0 spiro atoms. The first-order chi connectivity index (χ1) is 7.95. The summed E-state index contributed by atoms with van der Waals surface area (Å²) >= 11 is 5.31. The third-order valence-electron chi connectivity index (χ3n) is 2.62. The van der Waals surface area contributed by atoms with Gasteiger partial charge in [0.1, 0.15) is 8.07 Å². The maximum atomic E-state index is 7.75. The first-order valence-corrected chi connectivity index (χ1v) is 9.20. The summed E-state index contributed by atoms with van der Waals surface area (Å²) in [4.78, 5) is 0. The van der Waals surface area contributed by atoms with E-state index in [-0.39, 0.29) is 6.90 Å². The molecule has 0 saturated heterocycles. The second-order valence-corrected chi connectivity index (χ2v) is 10.3. The molecule has 0 saturated carbocycles. The van der Waals surface area contributed by atoms with Gasteiger partial charge in [-0.25, -0.2) is 0 Å². The quantitative estimate of drug-likeness (QED) is 0.559. The van der Waals surface area contributed by atoms with E-state index in [9.17, 15) is 0 Å². The molecule has 0 bridgehead atoms. The summed E-state index contributed by atoms with van der Waals surface area (Å²) in [6, 6.07) is 7.95. The Morgan fingerprint density at radius 2 is 1.81 bits per heavy atom. The normalized spacial score (nSPS) is 12.8. The molecule has 2 rings (SSSR count). The molecule has 0 radical (unpaired) electrons. The first kappa shape index (κ1) is 10.2. The van der Waals surface area contributed by atoms with E-state index in [2.05, 4.69) is 19.6 Å². The highest BCUT2D eigenvalue weighted by Gasteiger charge is 2.23. The van der Waals surface area contributed by atoms with Gasteiger partial charge in [-0.3, -0.25) is 0 Å². The van der Waals surface area contributed by atoms with Gasteiger partial charge in [0.25, 0.3) is 0 Å². The number of hydrogen-bond donors (Lipinski definition) is 0. The van der Waals surface area contributed by atoms with Gasteiger partial charge >= 0.3 is 0 Å². The zero-order valence-electron chi connectivity index (χ0n) is 10.8. The Bertz CT molecular complexity index is 613. The van der Waals surface area contributed by atoms with Gasteiger partial charge in [0, 0.05) is 6.76 Å². The van der Waals surface area contributed by atoms with Crippen LogP contribution < -0.4 is 5.38 Å². The van der Waals surface area contributed by atoms with Gasteiger partial charge in [0.15, 0.2) is 4.71 Å². The Balaban J connectivity index is 2.93. The van der Waals surface area contributed by atoms with Crippen molar-refractivity contribution in [2.45, 2.75) is 26.5 Å². The smallest absolute Gasteiger partial charge is 0.197 e. The summed E-state index contributed by atoms with van der Waals surface area (Å²) in [5, 5.41) is 3.00. The summed E-state index contributed by atoms with van der Waals surface area (Å²) in [6.45, 7) is 6.90. The molecule has 0 unspecified atom stereocenters. The molecule has 1 heterocycles. The van der Waals surface area contributed by atoms with E-state index < -0.39 is 8.07 Å². The monoisotopic (exact) mass is 249 g/mol. The van der Waals surface area contributed by atoms with Crippen molar-refractivity contribution in [2.75, 3.05) is 0 Å². The van der Waals surface area contributed by atoms with Crippen molar-refractivity contribution in [3.05, 3.63) is 34.5 Å². The van der Waals surface area contributed by atoms with Crippen LogP contribution in [0.1, 0.15) is 6.93 Å². The molecule has 1 nitrogen and oxygen atoms in total. The second kappa shape index (κ2) is 3.82. The maximum absolute atomic E-state index is 7.75. The molecular weight excluding hydrogens is 232 g/mol. The van der Waals surface area contributed by atoms with Gasteiger partial charge in [0.2, 0.25) is 0 Å². The van der Waals surface area contributed by atoms with Crippen molar-refractivity contribution in [2.24, 2.45) is 0 Å². The van der Waals surface area contributed by atoms with Crippen molar-refractivity contribution < 1.29 is 5.79 Å². The minimum atomic E-state index is -1.60. The Morgan fingerprint density at radius 1 is 1.19 bits per heavy atom. The fraction of sp³-hybridized carbons (Fsp3) is 0.308. The fourth-order valence-corrected chi connectivity index (χ4v) is 3.65. The van der Waals surface area contributed by atoms with Gasteiger partial charge in [-0.05, 0) is 36.1 Å². The van der Waals surface area contributed by atoms with Crippen molar-refractivity contribution in [3.63, 3.8) is 0 Å². The lowest BCUT2D eigenvalue weighted by atomic mass is 10.1. The van der Waals surface area contributed by atoms with E-state index in [1.165, 1.54) is 0 Å². The van der Waals surface area contributed by atoms with Crippen molar-refractivity contribution in [1.29, 1.82) is 0 Å². The molecule has 84 valence electrons. The lowest BCUT2D eigenvalue weighted by Crippen LogP contribution is -2.39. The van der Waals surface area contributed by atoms with E-state index in [1.54, 1.807) is 0 Å². The Labute approximate surface area is 104 Å². The van der Waals surface area contributed by atoms with Crippen LogP contribution in [0.3, 0.4) is 0 Å². The molecule has 0 atom stereocenters. The second-order valence-electron chi connectivity index (χ2n) is 4.99. The highest BCUT2D eigenvalue weighted by molar-refractivity contribution is 7.71. The van der Waals surface area contributed by atoms with Gasteiger partial charge in [-0.2, -0.15) is 0 Å².